The van der Waals surface area contributed by atoms with Crippen molar-refractivity contribution in [1.82, 2.24) is 19.8 Å². The third-order valence-electron chi connectivity index (χ3n) is 4.65. The van der Waals surface area contributed by atoms with E-state index in [-0.39, 0.29) is 30.3 Å². The summed E-state index contributed by atoms with van der Waals surface area (Å²) in [7, 11) is 1.95. The molecule has 0 aliphatic carbocycles. The molecular formula is C18H23Cl3N4O. The molecule has 0 radical (unpaired) electrons. The maximum absolute atomic E-state index is 13.1. The minimum absolute atomic E-state index is 0. The number of carbonyl (C=O) groups excluding carboxylic acids is 1. The first kappa shape index (κ1) is 21.0. The van der Waals surface area contributed by atoms with Gasteiger partial charge in [0.1, 0.15) is 11.9 Å². The SMILES string of the molecule is CC(Cc1ccc(Cl)cc1Cl)C(=O)N1CCNCC1c1nccn1C.Cl. The molecular weight excluding hydrogens is 395 g/mol. The summed E-state index contributed by atoms with van der Waals surface area (Å²) in [6.45, 7) is 4.13. The molecule has 1 aliphatic rings. The van der Waals surface area contributed by atoms with Gasteiger partial charge in [-0.25, -0.2) is 4.98 Å². The number of amides is 1. The van der Waals surface area contributed by atoms with E-state index < -0.39 is 0 Å². The first-order valence-electron chi connectivity index (χ1n) is 8.39. The Balaban J connectivity index is 0.00000243. The molecule has 0 spiro atoms. The van der Waals surface area contributed by atoms with Crippen molar-refractivity contribution in [2.75, 3.05) is 19.6 Å². The predicted molar refractivity (Wildman–Crippen MR) is 107 cm³/mol. The highest BCUT2D eigenvalue weighted by molar-refractivity contribution is 6.35. The summed E-state index contributed by atoms with van der Waals surface area (Å²) in [4.78, 5) is 19.5. The highest BCUT2D eigenvalue weighted by Gasteiger charge is 2.32. The molecule has 1 aliphatic heterocycles. The predicted octanol–water partition coefficient (Wildman–Crippen LogP) is 3.50. The third kappa shape index (κ3) is 4.52. The van der Waals surface area contributed by atoms with Crippen LogP contribution < -0.4 is 5.32 Å². The van der Waals surface area contributed by atoms with Gasteiger partial charge in [-0.05, 0) is 24.1 Å². The summed E-state index contributed by atoms with van der Waals surface area (Å²) < 4.78 is 1.97. The lowest BCUT2D eigenvalue weighted by Gasteiger charge is -2.37. The van der Waals surface area contributed by atoms with E-state index in [9.17, 15) is 4.79 Å². The highest BCUT2D eigenvalue weighted by atomic mass is 35.5. The maximum atomic E-state index is 13.1. The Bertz CT molecular complexity index is 765. The number of nitrogens with one attached hydrogen (secondary N) is 1. The molecule has 5 nitrogen and oxygen atoms in total. The number of hydrogen-bond donors (Lipinski definition) is 1. The van der Waals surface area contributed by atoms with E-state index in [2.05, 4.69) is 10.3 Å². The van der Waals surface area contributed by atoms with Crippen molar-refractivity contribution >= 4 is 41.5 Å². The van der Waals surface area contributed by atoms with E-state index in [1.165, 1.54) is 0 Å². The first-order valence-corrected chi connectivity index (χ1v) is 9.15. The smallest absolute Gasteiger partial charge is 0.226 e. The fourth-order valence-electron chi connectivity index (χ4n) is 3.28. The molecule has 1 amide bonds. The van der Waals surface area contributed by atoms with E-state index in [1.807, 2.05) is 41.8 Å². The molecule has 1 aromatic heterocycles. The van der Waals surface area contributed by atoms with Gasteiger partial charge in [0.25, 0.3) is 0 Å². The van der Waals surface area contributed by atoms with Crippen molar-refractivity contribution in [3.05, 3.63) is 52.0 Å². The minimum Gasteiger partial charge on any atom is -0.336 e. The quantitative estimate of drug-likeness (QED) is 0.828. The normalized spacial score (nSPS) is 18.3. The summed E-state index contributed by atoms with van der Waals surface area (Å²) in [6.07, 6.45) is 4.26. The zero-order valence-corrected chi connectivity index (χ0v) is 17.1. The van der Waals surface area contributed by atoms with Crippen LogP contribution in [0.1, 0.15) is 24.4 Å². The van der Waals surface area contributed by atoms with Gasteiger partial charge < -0.3 is 14.8 Å². The van der Waals surface area contributed by atoms with E-state index in [1.54, 1.807) is 12.3 Å². The van der Waals surface area contributed by atoms with Crippen LogP contribution >= 0.6 is 35.6 Å². The number of carbonyl (C=O) groups is 1. The van der Waals surface area contributed by atoms with Crippen LogP contribution in [0, 0.1) is 5.92 Å². The van der Waals surface area contributed by atoms with Gasteiger partial charge in [0.05, 0.1) is 0 Å². The average Bonchev–Trinajstić information content (AvgIpc) is 3.02. The molecule has 8 heteroatoms. The summed E-state index contributed by atoms with van der Waals surface area (Å²) in [6, 6.07) is 5.37. The third-order valence-corrected chi connectivity index (χ3v) is 5.23. The minimum atomic E-state index is -0.167. The standard InChI is InChI=1S/C18H22Cl2N4O.ClH/c1-12(9-13-3-4-14(19)10-15(13)20)18(25)24-8-5-21-11-16(24)17-22-6-7-23(17)2;/h3-4,6-7,10,12,16,21H,5,8-9,11H2,1-2H3;1H. The number of imidazole rings is 1. The monoisotopic (exact) mass is 416 g/mol. The molecule has 2 atom stereocenters. The topological polar surface area (TPSA) is 50.2 Å². The summed E-state index contributed by atoms with van der Waals surface area (Å²) in [5, 5.41) is 4.56. The Kier molecular flexibility index (Phi) is 7.35. The molecule has 2 unspecified atom stereocenters. The fraction of sp³-hybridized carbons (Fsp3) is 0.444. The van der Waals surface area contributed by atoms with Gasteiger partial charge in [0, 0.05) is 55.0 Å². The molecule has 2 aromatic rings. The second-order valence-corrected chi connectivity index (χ2v) is 7.33. The molecule has 0 bridgehead atoms. The second-order valence-electron chi connectivity index (χ2n) is 6.49. The zero-order valence-electron chi connectivity index (χ0n) is 14.8. The maximum Gasteiger partial charge on any atom is 0.226 e. The molecule has 26 heavy (non-hydrogen) atoms. The second kappa shape index (κ2) is 9.09. The molecule has 1 saturated heterocycles. The largest absolute Gasteiger partial charge is 0.336 e. The van der Waals surface area contributed by atoms with Crippen LogP contribution in [0.25, 0.3) is 0 Å². The number of nitrogens with zero attached hydrogens (tertiary/aromatic N) is 3. The van der Waals surface area contributed by atoms with E-state index in [0.29, 0.717) is 29.6 Å². The van der Waals surface area contributed by atoms with Crippen LogP contribution in [-0.4, -0.2) is 40.0 Å². The molecule has 142 valence electrons. The van der Waals surface area contributed by atoms with Gasteiger partial charge >= 0.3 is 0 Å². The van der Waals surface area contributed by atoms with Crippen LogP contribution in [0.3, 0.4) is 0 Å². The van der Waals surface area contributed by atoms with Gasteiger partial charge in [-0.2, -0.15) is 0 Å². The van der Waals surface area contributed by atoms with Crippen molar-refractivity contribution in [3.63, 3.8) is 0 Å². The van der Waals surface area contributed by atoms with Gasteiger partial charge in [-0.1, -0.05) is 36.2 Å². The van der Waals surface area contributed by atoms with Crippen molar-refractivity contribution in [1.29, 1.82) is 0 Å². The number of halogens is 3. The van der Waals surface area contributed by atoms with E-state index >= 15 is 0 Å². The summed E-state index contributed by atoms with van der Waals surface area (Å²) in [5.74, 6) is 0.859. The van der Waals surface area contributed by atoms with Crippen LogP contribution in [0.5, 0.6) is 0 Å². The number of piperazine rings is 1. The van der Waals surface area contributed by atoms with Crippen molar-refractivity contribution < 1.29 is 4.79 Å². The molecule has 2 heterocycles. The average molecular weight is 418 g/mol. The first-order chi connectivity index (χ1) is 12.0. The lowest BCUT2D eigenvalue weighted by molar-refractivity contribution is -0.138. The van der Waals surface area contributed by atoms with Crippen molar-refractivity contribution in [2.45, 2.75) is 19.4 Å². The lowest BCUT2D eigenvalue weighted by Crippen LogP contribution is -2.51. The Labute approximate surface area is 170 Å². The van der Waals surface area contributed by atoms with Crippen molar-refractivity contribution in [3.8, 4) is 0 Å². The molecule has 3 rings (SSSR count). The molecule has 1 N–H and O–H groups in total. The van der Waals surface area contributed by atoms with Crippen LogP contribution in [0.2, 0.25) is 10.0 Å². The van der Waals surface area contributed by atoms with E-state index in [4.69, 9.17) is 23.2 Å². The van der Waals surface area contributed by atoms with Crippen LogP contribution in [0.4, 0.5) is 0 Å². The number of rotatable bonds is 4. The molecule has 0 saturated carbocycles. The lowest BCUT2D eigenvalue weighted by atomic mass is 9.98. The fourth-order valence-corrected chi connectivity index (χ4v) is 3.77. The van der Waals surface area contributed by atoms with Gasteiger partial charge in [0.15, 0.2) is 0 Å². The Morgan fingerprint density at radius 1 is 1.42 bits per heavy atom. The molecule has 1 aromatic carbocycles. The van der Waals surface area contributed by atoms with Crippen molar-refractivity contribution in [2.24, 2.45) is 13.0 Å². The number of hydrogen-bond acceptors (Lipinski definition) is 3. The highest BCUT2D eigenvalue weighted by Crippen LogP contribution is 2.27. The van der Waals surface area contributed by atoms with Gasteiger partial charge in [0.2, 0.25) is 5.91 Å². The molecule has 1 fully saturated rings. The summed E-state index contributed by atoms with van der Waals surface area (Å²) in [5.41, 5.74) is 0.940. The van der Waals surface area contributed by atoms with Gasteiger partial charge in [-0.15, -0.1) is 12.4 Å². The summed E-state index contributed by atoms with van der Waals surface area (Å²) >= 11 is 12.2. The van der Waals surface area contributed by atoms with Crippen LogP contribution in [-0.2, 0) is 18.3 Å². The zero-order chi connectivity index (χ0) is 18.0. The number of aryl methyl sites for hydroxylation is 1. The van der Waals surface area contributed by atoms with Gasteiger partial charge in [-0.3, -0.25) is 4.79 Å². The Hall–Kier alpha value is -1.27. The Morgan fingerprint density at radius 2 is 2.19 bits per heavy atom. The number of benzene rings is 1. The van der Waals surface area contributed by atoms with E-state index in [0.717, 1.165) is 17.9 Å². The van der Waals surface area contributed by atoms with Crippen LogP contribution in [0.15, 0.2) is 30.6 Å². The Morgan fingerprint density at radius 3 is 2.85 bits per heavy atom. The number of aromatic nitrogens is 2.